The molecular formula is C23H24ClN3O2S. The van der Waals surface area contributed by atoms with Gasteiger partial charge in [0.05, 0.1) is 10.6 Å². The fourth-order valence-corrected chi connectivity index (χ4v) is 4.25. The first-order valence-corrected chi connectivity index (χ1v) is 10.9. The summed E-state index contributed by atoms with van der Waals surface area (Å²) in [5, 5.41) is 10.4. The summed E-state index contributed by atoms with van der Waals surface area (Å²) < 4.78 is 5.76. The zero-order chi connectivity index (χ0) is 21.7. The molecule has 0 bridgehead atoms. The number of benzene rings is 2. The second-order valence-corrected chi connectivity index (χ2v) is 8.23. The molecule has 0 saturated carbocycles. The number of hydrogen-bond acceptors (Lipinski definition) is 5. The Morgan fingerprint density at radius 2 is 1.93 bits per heavy atom. The van der Waals surface area contributed by atoms with Gasteiger partial charge >= 0.3 is 0 Å². The van der Waals surface area contributed by atoms with Crippen molar-refractivity contribution in [2.24, 2.45) is 0 Å². The van der Waals surface area contributed by atoms with Gasteiger partial charge in [0.1, 0.15) is 17.4 Å². The van der Waals surface area contributed by atoms with Gasteiger partial charge in [0, 0.05) is 12.1 Å². The van der Waals surface area contributed by atoms with Gasteiger partial charge in [-0.3, -0.25) is 9.69 Å². The Morgan fingerprint density at radius 1 is 1.23 bits per heavy atom. The van der Waals surface area contributed by atoms with E-state index in [1.807, 2.05) is 32.9 Å². The SMILES string of the molecule is C=CCOc1c(C)cc(-c2nnc(N(CCC)C(=O)c3ccccc3Cl)s2)cc1C. The van der Waals surface area contributed by atoms with E-state index in [1.165, 1.54) is 11.3 Å². The van der Waals surface area contributed by atoms with E-state index in [4.69, 9.17) is 16.3 Å². The predicted octanol–water partition coefficient (Wildman–Crippen LogP) is 6.10. The molecule has 0 N–H and O–H groups in total. The molecule has 0 unspecified atom stereocenters. The Kier molecular flexibility index (Phi) is 7.24. The Morgan fingerprint density at radius 3 is 2.57 bits per heavy atom. The van der Waals surface area contributed by atoms with Crippen molar-refractivity contribution in [1.82, 2.24) is 10.2 Å². The number of aromatic nitrogens is 2. The largest absolute Gasteiger partial charge is 0.489 e. The number of aryl methyl sites for hydroxylation is 2. The molecule has 156 valence electrons. The van der Waals surface area contributed by atoms with E-state index in [1.54, 1.807) is 35.2 Å². The summed E-state index contributed by atoms with van der Waals surface area (Å²) in [6.07, 6.45) is 2.51. The highest BCUT2D eigenvalue weighted by molar-refractivity contribution is 7.18. The second-order valence-electron chi connectivity index (χ2n) is 6.87. The number of halogens is 1. The molecule has 30 heavy (non-hydrogen) atoms. The Labute approximate surface area is 186 Å². The third-order valence-corrected chi connectivity index (χ3v) is 5.82. The molecule has 0 aliphatic rings. The van der Waals surface area contributed by atoms with Crippen LogP contribution in [-0.2, 0) is 0 Å². The fourth-order valence-electron chi connectivity index (χ4n) is 3.17. The molecule has 1 heterocycles. The molecule has 0 atom stereocenters. The average Bonchev–Trinajstić information content (AvgIpc) is 3.21. The molecule has 1 aromatic heterocycles. The maximum absolute atomic E-state index is 13.1. The molecule has 2 aromatic carbocycles. The summed E-state index contributed by atoms with van der Waals surface area (Å²) >= 11 is 7.63. The Bertz CT molecular complexity index is 1040. The lowest BCUT2D eigenvalue weighted by Gasteiger charge is -2.19. The minimum absolute atomic E-state index is 0.175. The van der Waals surface area contributed by atoms with Gasteiger partial charge < -0.3 is 4.74 Å². The van der Waals surface area contributed by atoms with Crippen LogP contribution in [0, 0.1) is 13.8 Å². The normalized spacial score (nSPS) is 10.7. The monoisotopic (exact) mass is 441 g/mol. The van der Waals surface area contributed by atoms with Crippen LogP contribution in [0.15, 0.2) is 49.1 Å². The third-order valence-electron chi connectivity index (χ3n) is 4.49. The molecule has 5 nitrogen and oxygen atoms in total. The van der Waals surface area contributed by atoms with E-state index in [9.17, 15) is 4.79 Å². The van der Waals surface area contributed by atoms with Gasteiger partial charge in [-0.05, 0) is 55.7 Å². The van der Waals surface area contributed by atoms with Crippen LogP contribution in [-0.4, -0.2) is 29.3 Å². The highest BCUT2D eigenvalue weighted by Crippen LogP contribution is 2.34. The van der Waals surface area contributed by atoms with E-state index >= 15 is 0 Å². The van der Waals surface area contributed by atoms with Gasteiger partial charge in [-0.2, -0.15) is 0 Å². The first-order valence-electron chi connectivity index (χ1n) is 9.71. The summed E-state index contributed by atoms with van der Waals surface area (Å²) in [7, 11) is 0. The summed E-state index contributed by atoms with van der Waals surface area (Å²) in [5.41, 5.74) is 3.43. The van der Waals surface area contributed by atoms with Gasteiger partial charge in [0.25, 0.3) is 5.91 Å². The molecular weight excluding hydrogens is 418 g/mol. The fraction of sp³-hybridized carbons (Fsp3) is 0.261. The van der Waals surface area contributed by atoms with Crippen molar-refractivity contribution < 1.29 is 9.53 Å². The van der Waals surface area contributed by atoms with E-state index in [0.717, 1.165) is 33.9 Å². The molecule has 0 aliphatic carbocycles. The molecule has 0 spiro atoms. The van der Waals surface area contributed by atoms with Crippen molar-refractivity contribution in [1.29, 1.82) is 0 Å². The van der Waals surface area contributed by atoms with Crippen LogP contribution in [0.1, 0.15) is 34.8 Å². The smallest absolute Gasteiger partial charge is 0.261 e. The number of nitrogens with zero attached hydrogens (tertiary/aromatic N) is 3. The van der Waals surface area contributed by atoms with Crippen molar-refractivity contribution in [3.63, 3.8) is 0 Å². The van der Waals surface area contributed by atoms with Gasteiger partial charge in [-0.15, -0.1) is 10.2 Å². The summed E-state index contributed by atoms with van der Waals surface area (Å²) in [6, 6.07) is 11.1. The number of carbonyl (C=O) groups excluding carboxylic acids is 1. The molecule has 3 rings (SSSR count). The molecule has 3 aromatic rings. The third kappa shape index (κ3) is 4.71. The Balaban J connectivity index is 1.92. The lowest BCUT2D eigenvalue weighted by Crippen LogP contribution is -2.31. The summed E-state index contributed by atoms with van der Waals surface area (Å²) in [5.74, 6) is 0.676. The van der Waals surface area contributed by atoms with Crippen LogP contribution in [0.2, 0.25) is 5.02 Å². The van der Waals surface area contributed by atoms with Gasteiger partial charge in [0.15, 0.2) is 0 Å². The van der Waals surface area contributed by atoms with Crippen LogP contribution < -0.4 is 9.64 Å². The molecule has 0 radical (unpaired) electrons. The highest BCUT2D eigenvalue weighted by Gasteiger charge is 2.23. The van der Waals surface area contributed by atoms with E-state index in [-0.39, 0.29) is 5.91 Å². The number of rotatable bonds is 8. The molecule has 0 saturated heterocycles. The maximum Gasteiger partial charge on any atom is 0.261 e. The van der Waals surface area contributed by atoms with Crippen LogP contribution in [0.4, 0.5) is 5.13 Å². The minimum Gasteiger partial charge on any atom is -0.489 e. The maximum atomic E-state index is 13.1. The van der Waals surface area contributed by atoms with Crippen LogP contribution in [0.25, 0.3) is 10.6 Å². The molecule has 1 amide bonds. The van der Waals surface area contributed by atoms with Crippen LogP contribution in [0.5, 0.6) is 5.75 Å². The predicted molar refractivity (Wildman–Crippen MR) is 124 cm³/mol. The molecule has 0 aliphatic heterocycles. The first kappa shape index (κ1) is 22.0. The standard InChI is InChI=1S/C23H24ClN3O2S/c1-5-11-27(22(28)18-9-7-8-10-19(18)24)23-26-25-21(30-23)17-13-15(3)20(16(4)14-17)29-12-6-2/h6-10,13-14H,2,5,11-12H2,1,3-4H3. The lowest BCUT2D eigenvalue weighted by atomic mass is 10.1. The van der Waals surface area contributed by atoms with E-state index in [0.29, 0.717) is 28.9 Å². The van der Waals surface area contributed by atoms with Crippen molar-refractivity contribution in [3.05, 3.63) is 70.8 Å². The average molecular weight is 442 g/mol. The summed E-state index contributed by atoms with van der Waals surface area (Å²) in [4.78, 5) is 14.8. The Hall–Kier alpha value is -2.70. The second kappa shape index (κ2) is 9.87. The van der Waals surface area contributed by atoms with E-state index in [2.05, 4.69) is 16.8 Å². The van der Waals surface area contributed by atoms with E-state index < -0.39 is 0 Å². The van der Waals surface area contributed by atoms with Gasteiger partial charge in [0.2, 0.25) is 5.13 Å². The van der Waals surface area contributed by atoms with Gasteiger partial charge in [-0.25, -0.2) is 0 Å². The zero-order valence-corrected chi connectivity index (χ0v) is 18.9. The van der Waals surface area contributed by atoms with Crippen molar-refractivity contribution in [3.8, 4) is 16.3 Å². The van der Waals surface area contributed by atoms with Crippen molar-refractivity contribution in [2.45, 2.75) is 27.2 Å². The van der Waals surface area contributed by atoms with Crippen molar-refractivity contribution in [2.75, 3.05) is 18.1 Å². The molecule has 0 fully saturated rings. The number of anilines is 1. The van der Waals surface area contributed by atoms with Crippen LogP contribution in [0.3, 0.4) is 0 Å². The minimum atomic E-state index is -0.175. The lowest BCUT2D eigenvalue weighted by molar-refractivity contribution is 0.0987. The summed E-state index contributed by atoms with van der Waals surface area (Å²) in [6.45, 7) is 10.7. The number of ether oxygens (including phenoxy) is 1. The van der Waals surface area contributed by atoms with Gasteiger partial charge in [-0.1, -0.05) is 54.6 Å². The number of carbonyl (C=O) groups is 1. The quantitative estimate of drug-likeness (QED) is 0.396. The molecule has 7 heteroatoms. The first-order chi connectivity index (χ1) is 14.5. The topological polar surface area (TPSA) is 55.3 Å². The number of amides is 1. The van der Waals surface area contributed by atoms with Crippen molar-refractivity contribution >= 4 is 34.0 Å². The van der Waals surface area contributed by atoms with Crippen LogP contribution >= 0.6 is 22.9 Å². The number of hydrogen-bond donors (Lipinski definition) is 0. The zero-order valence-electron chi connectivity index (χ0n) is 17.3. The highest BCUT2D eigenvalue weighted by atomic mass is 35.5.